The van der Waals surface area contributed by atoms with Gasteiger partial charge < -0.3 is 4.74 Å². The fourth-order valence-corrected chi connectivity index (χ4v) is 1.20. The second kappa shape index (κ2) is 3.34. The number of amides is 2. The van der Waals surface area contributed by atoms with Crippen molar-refractivity contribution in [3.05, 3.63) is 0 Å². The van der Waals surface area contributed by atoms with Crippen LogP contribution in [0.15, 0.2) is 0 Å². The minimum atomic E-state index is -0.708. The van der Waals surface area contributed by atoms with Crippen molar-refractivity contribution in [1.82, 2.24) is 4.90 Å². The fourth-order valence-electron chi connectivity index (χ4n) is 1.20. The van der Waals surface area contributed by atoms with Crippen molar-refractivity contribution < 1.29 is 19.1 Å². The highest BCUT2D eigenvalue weighted by molar-refractivity contribution is 5.95. The van der Waals surface area contributed by atoms with E-state index in [0.29, 0.717) is 12.8 Å². The highest BCUT2D eigenvalue weighted by Crippen LogP contribution is 2.17. The van der Waals surface area contributed by atoms with E-state index in [1.54, 1.807) is 0 Å². The van der Waals surface area contributed by atoms with E-state index in [-0.39, 0.29) is 12.3 Å². The molecule has 2 amide bonds. The van der Waals surface area contributed by atoms with E-state index in [2.05, 4.69) is 4.74 Å². The van der Waals surface area contributed by atoms with Gasteiger partial charge in [-0.1, -0.05) is 0 Å². The van der Waals surface area contributed by atoms with Gasteiger partial charge >= 0.3 is 5.97 Å². The number of carbonyl (C=O) groups is 3. The second-order valence-electron chi connectivity index (χ2n) is 2.48. The molecule has 0 spiro atoms. The molecule has 0 aliphatic carbocycles. The monoisotopic (exact) mass is 171 g/mol. The molecular weight excluding hydrogens is 162 g/mol. The number of rotatable bonds is 2. The molecule has 0 radical (unpaired) electrons. The minimum absolute atomic E-state index is 0.235. The standard InChI is InChI=1S/C7H9NO4/c1-12-7(11)5-2-3-6(10)8(5)4-9/h4-5H,2-3H2,1H3/t5-/m0/s1. The zero-order valence-electron chi connectivity index (χ0n) is 6.65. The molecule has 0 aromatic heterocycles. The van der Waals surface area contributed by atoms with E-state index < -0.39 is 12.0 Å². The summed E-state index contributed by atoms with van der Waals surface area (Å²) in [6, 6.07) is -0.708. The molecule has 1 aliphatic heterocycles. The summed E-state index contributed by atoms with van der Waals surface area (Å²) in [4.78, 5) is 33.1. The van der Waals surface area contributed by atoms with Crippen LogP contribution in [0.2, 0.25) is 0 Å². The van der Waals surface area contributed by atoms with Gasteiger partial charge in [0.05, 0.1) is 7.11 Å². The van der Waals surface area contributed by atoms with Crippen LogP contribution in [-0.4, -0.2) is 36.3 Å². The third-order valence-corrected chi connectivity index (χ3v) is 1.84. The van der Waals surface area contributed by atoms with E-state index in [1.807, 2.05) is 0 Å². The summed E-state index contributed by atoms with van der Waals surface area (Å²) in [6.45, 7) is 0. The second-order valence-corrected chi connectivity index (χ2v) is 2.48. The van der Waals surface area contributed by atoms with Crippen LogP contribution in [0.25, 0.3) is 0 Å². The summed E-state index contributed by atoms with van der Waals surface area (Å²) in [5.74, 6) is -0.853. The molecule has 66 valence electrons. The van der Waals surface area contributed by atoms with Crippen molar-refractivity contribution in [3.8, 4) is 0 Å². The lowest BCUT2D eigenvalue weighted by molar-refractivity contribution is -0.152. The summed E-state index contributed by atoms with van der Waals surface area (Å²) in [5.41, 5.74) is 0. The van der Waals surface area contributed by atoms with E-state index in [0.717, 1.165) is 4.90 Å². The predicted molar refractivity (Wildman–Crippen MR) is 37.9 cm³/mol. The average Bonchev–Trinajstić information content (AvgIpc) is 2.45. The number of likely N-dealkylation sites (tertiary alicyclic amines) is 1. The molecule has 5 heteroatoms. The maximum absolute atomic E-state index is 11.0. The van der Waals surface area contributed by atoms with Crippen LogP contribution < -0.4 is 0 Å². The molecule has 1 rings (SSSR count). The Hall–Kier alpha value is -1.39. The third kappa shape index (κ3) is 1.30. The van der Waals surface area contributed by atoms with Crippen molar-refractivity contribution in [2.24, 2.45) is 0 Å². The molecule has 1 saturated heterocycles. The summed E-state index contributed by atoms with van der Waals surface area (Å²) in [6.07, 6.45) is 0.972. The maximum atomic E-state index is 11.0. The highest BCUT2D eigenvalue weighted by atomic mass is 16.5. The molecule has 0 aromatic carbocycles. The maximum Gasteiger partial charge on any atom is 0.329 e. The van der Waals surface area contributed by atoms with Crippen LogP contribution in [0.3, 0.4) is 0 Å². The Bertz CT molecular complexity index is 225. The van der Waals surface area contributed by atoms with Gasteiger partial charge in [0.1, 0.15) is 6.04 Å². The third-order valence-electron chi connectivity index (χ3n) is 1.84. The Morgan fingerprint density at radius 3 is 2.92 bits per heavy atom. The lowest BCUT2D eigenvalue weighted by Crippen LogP contribution is -2.38. The summed E-state index contributed by atoms with van der Waals surface area (Å²) < 4.78 is 4.42. The first kappa shape index (κ1) is 8.70. The van der Waals surface area contributed by atoms with E-state index in [4.69, 9.17) is 0 Å². The van der Waals surface area contributed by atoms with E-state index in [1.165, 1.54) is 7.11 Å². The molecule has 0 N–H and O–H groups in total. The van der Waals surface area contributed by atoms with Crippen LogP contribution in [-0.2, 0) is 19.1 Å². The molecule has 1 atom stereocenters. The SMILES string of the molecule is COC(=O)[C@@H]1CCC(=O)N1C=O. The summed E-state index contributed by atoms with van der Waals surface area (Å²) in [7, 11) is 1.23. The molecule has 0 aromatic rings. The largest absolute Gasteiger partial charge is 0.467 e. The van der Waals surface area contributed by atoms with Gasteiger partial charge in [-0.25, -0.2) is 4.79 Å². The number of imide groups is 1. The zero-order valence-corrected chi connectivity index (χ0v) is 6.65. The summed E-state index contributed by atoms with van der Waals surface area (Å²) in [5, 5.41) is 0. The van der Waals surface area contributed by atoms with Crippen molar-refractivity contribution in [2.75, 3.05) is 7.11 Å². The smallest absolute Gasteiger partial charge is 0.329 e. The van der Waals surface area contributed by atoms with Crippen LogP contribution in [0.5, 0.6) is 0 Å². The number of hydrogen-bond acceptors (Lipinski definition) is 4. The number of methoxy groups -OCH3 is 1. The van der Waals surface area contributed by atoms with Gasteiger partial charge in [-0.15, -0.1) is 0 Å². The molecule has 0 saturated carbocycles. The lowest BCUT2D eigenvalue weighted by Gasteiger charge is -2.14. The Labute approximate surface area is 69.3 Å². The molecule has 0 unspecified atom stereocenters. The zero-order chi connectivity index (χ0) is 9.14. The Morgan fingerprint density at radius 2 is 2.42 bits per heavy atom. The van der Waals surface area contributed by atoms with E-state index >= 15 is 0 Å². The molecule has 1 aliphatic rings. The molecule has 12 heavy (non-hydrogen) atoms. The number of carbonyl (C=O) groups excluding carboxylic acids is 3. The van der Waals surface area contributed by atoms with Gasteiger partial charge in [0.25, 0.3) is 0 Å². The first-order valence-corrected chi connectivity index (χ1v) is 3.55. The van der Waals surface area contributed by atoms with Crippen LogP contribution in [0, 0.1) is 0 Å². The number of hydrogen-bond donors (Lipinski definition) is 0. The predicted octanol–water partition coefficient (Wildman–Crippen LogP) is -0.693. The average molecular weight is 171 g/mol. The quantitative estimate of drug-likeness (QED) is 0.407. The van der Waals surface area contributed by atoms with Crippen LogP contribution >= 0.6 is 0 Å². The van der Waals surface area contributed by atoms with Gasteiger partial charge in [0.15, 0.2) is 0 Å². The summed E-state index contributed by atoms with van der Waals surface area (Å²) >= 11 is 0. The van der Waals surface area contributed by atoms with Gasteiger partial charge in [-0.3, -0.25) is 14.5 Å². The van der Waals surface area contributed by atoms with E-state index in [9.17, 15) is 14.4 Å². The van der Waals surface area contributed by atoms with Crippen LogP contribution in [0.4, 0.5) is 0 Å². The molecule has 1 heterocycles. The number of esters is 1. The van der Waals surface area contributed by atoms with Crippen molar-refractivity contribution in [2.45, 2.75) is 18.9 Å². The number of nitrogens with zero attached hydrogens (tertiary/aromatic N) is 1. The van der Waals surface area contributed by atoms with Gasteiger partial charge in [-0.05, 0) is 6.42 Å². The highest BCUT2D eigenvalue weighted by Gasteiger charge is 2.36. The molecule has 1 fully saturated rings. The minimum Gasteiger partial charge on any atom is -0.467 e. The molecule has 0 bridgehead atoms. The van der Waals surface area contributed by atoms with Crippen molar-refractivity contribution in [1.29, 1.82) is 0 Å². The van der Waals surface area contributed by atoms with Gasteiger partial charge in [0, 0.05) is 6.42 Å². The lowest BCUT2D eigenvalue weighted by atomic mass is 10.2. The van der Waals surface area contributed by atoms with Gasteiger partial charge in [0.2, 0.25) is 12.3 Å². The first-order valence-electron chi connectivity index (χ1n) is 3.55. The topological polar surface area (TPSA) is 63.7 Å². The first-order chi connectivity index (χ1) is 5.70. The number of ether oxygens (including phenoxy) is 1. The Kier molecular flexibility index (Phi) is 2.42. The van der Waals surface area contributed by atoms with Crippen LogP contribution in [0.1, 0.15) is 12.8 Å². The van der Waals surface area contributed by atoms with Crippen molar-refractivity contribution in [3.63, 3.8) is 0 Å². The molecular formula is C7H9NO4. The molecule has 5 nitrogen and oxygen atoms in total. The van der Waals surface area contributed by atoms with Gasteiger partial charge in [-0.2, -0.15) is 0 Å². The Balaban J connectivity index is 2.72. The van der Waals surface area contributed by atoms with Crippen molar-refractivity contribution >= 4 is 18.3 Å². The normalized spacial score (nSPS) is 22.6. The fraction of sp³-hybridized carbons (Fsp3) is 0.571. The Morgan fingerprint density at radius 1 is 1.75 bits per heavy atom.